The highest BCUT2D eigenvalue weighted by Crippen LogP contribution is 2.34. The predicted molar refractivity (Wildman–Crippen MR) is 119 cm³/mol. The van der Waals surface area contributed by atoms with Gasteiger partial charge < -0.3 is 14.2 Å². The molecule has 0 radical (unpaired) electrons. The zero-order valence-corrected chi connectivity index (χ0v) is 19.0. The van der Waals surface area contributed by atoms with E-state index in [0.29, 0.717) is 17.9 Å². The highest BCUT2D eigenvalue weighted by Gasteiger charge is 2.35. The van der Waals surface area contributed by atoms with Gasteiger partial charge in [-0.2, -0.15) is 0 Å². The number of carbonyl (C=O) groups is 1. The highest BCUT2D eigenvalue weighted by atomic mass is 16.5. The average molecular weight is 417 g/mol. The first kappa shape index (κ1) is 21.8. The Morgan fingerprint density at radius 3 is 2.77 bits per heavy atom. The number of fused-ring (bicyclic) bond motifs is 1. The molecule has 2 atom stereocenters. The van der Waals surface area contributed by atoms with Crippen LogP contribution in [0.1, 0.15) is 75.7 Å². The Kier molecular flexibility index (Phi) is 7.47. The first-order chi connectivity index (χ1) is 14.7. The normalized spacial score (nSPS) is 26.0. The Hall–Kier alpha value is -1.40. The fourth-order valence-corrected chi connectivity index (χ4v) is 5.85. The lowest BCUT2D eigenvalue weighted by molar-refractivity contribution is -0.139. The first-order valence-corrected chi connectivity index (χ1v) is 12.3. The number of amides is 1. The third-order valence-electron chi connectivity index (χ3n) is 7.57. The quantitative estimate of drug-likeness (QED) is 0.683. The molecule has 1 amide bonds. The van der Waals surface area contributed by atoms with Gasteiger partial charge in [-0.15, -0.1) is 0 Å². The maximum absolute atomic E-state index is 13.4. The number of aromatic nitrogens is 2. The third-order valence-corrected chi connectivity index (χ3v) is 7.57. The van der Waals surface area contributed by atoms with Gasteiger partial charge in [0.25, 0.3) is 0 Å². The second-order valence-electron chi connectivity index (χ2n) is 9.54. The van der Waals surface area contributed by atoms with Gasteiger partial charge in [-0.3, -0.25) is 9.69 Å². The number of ether oxygens (including phenoxy) is 1. The average Bonchev–Trinajstić information content (AvgIpc) is 3.22. The Bertz CT molecular complexity index is 697. The van der Waals surface area contributed by atoms with Gasteiger partial charge in [-0.1, -0.05) is 32.6 Å². The van der Waals surface area contributed by atoms with Crippen molar-refractivity contribution < 1.29 is 9.53 Å². The minimum absolute atomic E-state index is 0.126. The summed E-state index contributed by atoms with van der Waals surface area (Å²) >= 11 is 0. The summed E-state index contributed by atoms with van der Waals surface area (Å²) in [7, 11) is 1.77. The van der Waals surface area contributed by atoms with Crippen molar-refractivity contribution in [2.45, 2.75) is 83.2 Å². The monoisotopic (exact) mass is 416 g/mol. The van der Waals surface area contributed by atoms with Crippen LogP contribution in [-0.4, -0.2) is 71.2 Å². The van der Waals surface area contributed by atoms with Crippen molar-refractivity contribution in [3.05, 3.63) is 17.7 Å². The number of carbonyl (C=O) groups excluding carboxylic acids is 1. The number of imidazole rings is 1. The van der Waals surface area contributed by atoms with Crippen LogP contribution in [0.5, 0.6) is 0 Å². The molecule has 30 heavy (non-hydrogen) atoms. The van der Waals surface area contributed by atoms with Gasteiger partial charge in [0.1, 0.15) is 5.82 Å². The van der Waals surface area contributed by atoms with E-state index in [2.05, 4.69) is 27.5 Å². The van der Waals surface area contributed by atoms with E-state index >= 15 is 0 Å². The number of nitrogens with zero attached hydrogens (tertiary/aromatic N) is 4. The fourth-order valence-electron chi connectivity index (χ4n) is 5.85. The molecule has 3 heterocycles. The zero-order valence-electron chi connectivity index (χ0n) is 19.0. The highest BCUT2D eigenvalue weighted by molar-refractivity contribution is 5.79. The summed E-state index contributed by atoms with van der Waals surface area (Å²) in [5, 5.41) is 0. The van der Waals surface area contributed by atoms with Crippen molar-refractivity contribution in [1.29, 1.82) is 0 Å². The molecule has 168 valence electrons. The molecule has 1 saturated carbocycles. The molecule has 1 aromatic heterocycles. The number of hydrogen-bond donors (Lipinski definition) is 0. The van der Waals surface area contributed by atoms with Gasteiger partial charge in [0.2, 0.25) is 5.91 Å². The van der Waals surface area contributed by atoms with Crippen LogP contribution in [0.2, 0.25) is 0 Å². The lowest BCUT2D eigenvalue weighted by Gasteiger charge is -2.43. The zero-order chi connectivity index (χ0) is 20.9. The molecule has 0 bridgehead atoms. The van der Waals surface area contributed by atoms with Crippen LogP contribution in [0.25, 0.3) is 0 Å². The predicted octanol–water partition coefficient (Wildman–Crippen LogP) is 3.45. The maximum atomic E-state index is 13.4. The summed E-state index contributed by atoms with van der Waals surface area (Å²) in [6.45, 7) is 7.63. The smallest absolute Gasteiger partial charge is 0.226 e. The van der Waals surface area contributed by atoms with Crippen LogP contribution in [0.15, 0.2) is 6.20 Å². The third kappa shape index (κ3) is 4.75. The lowest BCUT2D eigenvalue weighted by atomic mass is 9.88. The summed E-state index contributed by atoms with van der Waals surface area (Å²) in [5.41, 5.74) is 1.28. The Morgan fingerprint density at radius 2 is 2.00 bits per heavy atom. The summed E-state index contributed by atoms with van der Waals surface area (Å²) in [6, 6.07) is 0.467. The Morgan fingerprint density at radius 1 is 1.17 bits per heavy atom. The van der Waals surface area contributed by atoms with E-state index < -0.39 is 0 Å². The minimum atomic E-state index is 0.126. The fraction of sp³-hybridized carbons (Fsp3) is 0.833. The summed E-state index contributed by atoms with van der Waals surface area (Å²) in [4.78, 5) is 22.9. The second-order valence-corrected chi connectivity index (χ2v) is 9.54. The minimum Gasteiger partial charge on any atom is -0.383 e. The van der Waals surface area contributed by atoms with E-state index in [1.165, 1.54) is 43.6 Å². The van der Waals surface area contributed by atoms with E-state index in [9.17, 15) is 4.79 Å². The van der Waals surface area contributed by atoms with E-state index in [0.717, 1.165) is 65.0 Å². The molecule has 6 nitrogen and oxygen atoms in total. The van der Waals surface area contributed by atoms with Crippen LogP contribution in [0, 0.1) is 5.92 Å². The van der Waals surface area contributed by atoms with Crippen molar-refractivity contribution in [2.24, 2.45) is 5.92 Å². The molecule has 0 unspecified atom stereocenters. The van der Waals surface area contributed by atoms with Crippen LogP contribution in [-0.2, 0) is 22.5 Å². The molecule has 0 aromatic carbocycles. The molecular formula is C24H40N4O2. The molecule has 1 saturated heterocycles. The molecule has 2 aliphatic heterocycles. The van der Waals surface area contributed by atoms with Gasteiger partial charge in [-0.05, 0) is 25.7 Å². The van der Waals surface area contributed by atoms with Gasteiger partial charge in [0.05, 0.1) is 6.61 Å². The molecule has 6 heteroatoms. The van der Waals surface area contributed by atoms with Crippen molar-refractivity contribution in [3.8, 4) is 0 Å². The molecule has 1 aromatic rings. The molecule has 0 spiro atoms. The van der Waals surface area contributed by atoms with Crippen LogP contribution < -0.4 is 0 Å². The van der Waals surface area contributed by atoms with E-state index in [4.69, 9.17) is 9.72 Å². The van der Waals surface area contributed by atoms with Gasteiger partial charge >= 0.3 is 0 Å². The van der Waals surface area contributed by atoms with Crippen LogP contribution in [0.3, 0.4) is 0 Å². The van der Waals surface area contributed by atoms with E-state index in [1.54, 1.807) is 7.11 Å². The van der Waals surface area contributed by atoms with E-state index in [1.807, 2.05) is 0 Å². The second kappa shape index (κ2) is 10.3. The number of piperazine rings is 1. The number of methoxy groups -OCH3 is 1. The number of hydrogen-bond acceptors (Lipinski definition) is 4. The Labute approximate surface area is 182 Å². The van der Waals surface area contributed by atoms with Gasteiger partial charge in [0, 0.05) is 76.0 Å². The molecular weight excluding hydrogens is 376 g/mol. The largest absolute Gasteiger partial charge is 0.383 e. The molecule has 3 aliphatic rings. The summed E-state index contributed by atoms with van der Waals surface area (Å²) in [6.07, 6.45) is 12.8. The van der Waals surface area contributed by atoms with Crippen LogP contribution in [0.4, 0.5) is 0 Å². The van der Waals surface area contributed by atoms with Crippen molar-refractivity contribution >= 4 is 5.91 Å². The summed E-state index contributed by atoms with van der Waals surface area (Å²) in [5.74, 6) is 2.43. The standard InChI is InChI=1S/C24H40N4O2/c1-3-7-21-18-27(13-12-26(21)14-15-30-2)24(29)20-10-11-28-22(16-20)17-25-23(28)19-8-5-4-6-9-19/h17,19-21H,3-16,18H2,1-2H3/t20-,21-/m1/s1. The molecule has 4 rings (SSSR count). The van der Waals surface area contributed by atoms with Crippen molar-refractivity contribution in [1.82, 2.24) is 19.4 Å². The molecule has 0 N–H and O–H groups in total. The van der Waals surface area contributed by atoms with Crippen LogP contribution >= 0.6 is 0 Å². The van der Waals surface area contributed by atoms with Gasteiger partial charge in [0.15, 0.2) is 0 Å². The molecule has 2 fully saturated rings. The first-order valence-electron chi connectivity index (χ1n) is 12.3. The van der Waals surface area contributed by atoms with Crippen molar-refractivity contribution in [3.63, 3.8) is 0 Å². The van der Waals surface area contributed by atoms with Crippen molar-refractivity contribution in [2.75, 3.05) is 39.9 Å². The SMILES string of the molecule is CCC[C@@H]1CN(C(=O)[C@@H]2CCn3c(cnc3C3CCCCC3)C2)CCN1CCOC. The molecule has 1 aliphatic carbocycles. The van der Waals surface area contributed by atoms with Gasteiger partial charge in [-0.25, -0.2) is 4.98 Å². The number of rotatable bonds is 7. The maximum Gasteiger partial charge on any atom is 0.226 e. The Balaban J connectivity index is 1.37. The topological polar surface area (TPSA) is 50.6 Å². The lowest BCUT2D eigenvalue weighted by Crippen LogP contribution is -2.56. The van der Waals surface area contributed by atoms with E-state index in [-0.39, 0.29) is 5.92 Å². The summed E-state index contributed by atoms with van der Waals surface area (Å²) < 4.78 is 7.74.